The molecule has 0 fully saturated rings. The second kappa shape index (κ2) is 6.11. The van der Waals surface area contributed by atoms with E-state index in [2.05, 4.69) is 15.5 Å². The van der Waals surface area contributed by atoms with Crippen LogP contribution < -0.4 is 5.43 Å². The van der Waals surface area contributed by atoms with Crippen molar-refractivity contribution in [3.8, 4) is 0 Å². The van der Waals surface area contributed by atoms with Crippen molar-refractivity contribution in [2.75, 3.05) is 0 Å². The number of amides is 1. The van der Waals surface area contributed by atoms with Crippen molar-refractivity contribution in [2.24, 2.45) is 5.10 Å². The van der Waals surface area contributed by atoms with Gasteiger partial charge in [0.1, 0.15) is 11.3 Å². The monoisotopic (exact) mass is 313 g/mol. The van der Waals surface area contributed by atoms with E-state index in [0.29, 0.717) is 11.5 Å². The molecule has 0 saturated heterocycles. The fourth-order valence-corrected chi connectivity index (χ4v) is 2.67. The molecule has 0 bridgehead atoms. The zero-order valence-corrected chi connectivity index (χ0v) is 13.1. The minimum absolute atomic E-state index is 0.194. The van der Waals surface area contributed by atoms with Crippen molar-refractivity contribution in [3.63, 3.8) is 0 Å². The van der Waals surface area contributed by atoms with Gasteiger partial charge in [0.15, 0.2) is 5.76 Å². The highest BCUT2D eigenvalue weighted by atomic mass is 32.1. The van der Waals surface area contributed by atoms with Crippen LogP contribution in [0, 0.1) is 6.92 Å². The number of hydrogen-bond acceptors (Lipinski definition) is 5. The average Bonchev–Trinajstić information content (AvgIpc) is 3.10. The number of thiazole rings is 1. The van der Waals surface area contributed by atoms with Crippen molar-refractivity contribution in [1.82, 2.24) is 10.4 Å². The summed E-state index contributed by atoms with van der Waals surface area (Å²) in [6, 6.07) is 9.64. The van der Waals surface area contributed by atoms with Gasteiger partial charge in [-0.25, -0.2) is 10.4 Å². The molecule has 6 heteroatoms. The van der Waals surface area contributed by atoms with Gasteiger partial charge >= 0.3 is 0 Å². The zero-order chi connectivity index (χ0) is 15.5. The number of carbonyl (C=O) groups excluding carboxylic acids is 1. The van der Waals surface area contributed by atoms with E-state index in [9.17, 15) is 4.79 Å². The topological polar surface area (TPSA) is 67.5 Å². The molecule has 0 unspecified atom stereocenters. The molecule has 0 atom stereocenters. The Morgan fingerprint density at radius 1 is 1.41 bits per heavy atom. The predicted octanol–water partition coefficient (Wildman–Crippen LogP) is 3.28. The molecule has 1 N–H and O–H groups in total. The maximum absolute atomic E-state index is 11.8. The molecule has 112 valence electrons. The summed E-state index contributed by atoms with van der Waals surface area (Å²) in [5, 5.41) is 7.93. The smallest absolute Gasteiger partial charge is 0.246 e. The highest BCUT2D eigenvalue weighted by molar-refractivity contribution is 7.09. The molecule has 1 aromatic carbocycles. The number of nitrogens with one attached hydrogen (secondary N) is 1. The van der Waals surface area contributed by atoms with Crippen LogP contribution in [-0.2, 0) is 11.2 Å². The number of furan rings is 1. The fraction of sp³-hybridized carbons (Fsp3) is 0.188. The molecule has 3 rings (SSSR count). The standard InChI is InChI=1S/C16H15N3O2S/c1-10(15-7-12-5-3-4-6-14(12)21-15)18-19-16(20)8-13-9-22-11(2)17-13/h3-7,9H,8H2,1-2H3,(H,19,20)/b18-10-. The van der Waals surface area contributed by atoms with Crippen LogP contribution in [0.25, 0.3) is 11.0 Å². The molecule has 2 aromatic heterocycles. The number of aryl methyl sites for hydroxylation is 1. The number of aromatic nitrogens is 1. The SMILES string of the molecule is C/C(=N/NC(=O)Cc1csc(C)n1)c1cc2ccccc2o1. The first-order chi connectivity index (χ1) is 10.6. The predicted molar refractivity (Wildman–Crippen MR) is 87.1 cm³/mol. The van der Waals surface area contributed by atoms with Gasteiger partial charge in [-0.1, -0.05) is 18.2 Å². The van der Waals surface area contributed by atoms with E-state index in [1.807, 2.05) is 42.6 Å². The van der Waals surface area contributed by atoms with Gasteiger partial charge in [-0.2, -0.15) is 5.10 Å². The van der Waals surface area contributed by atoms with Crippen molar-refractivity contribution in [1.29, 1.82) is 0 Å². The number of rotatable bonds is 4. The number of hydrogen-bond donors (Lipinski definition) is 1. The summed E-state index contributed by atoms with van der Waals surface area (Å²) in [6.07, 6.45) is 0.223. The van der Waals surface area contributed by atoms with Gasteiger partial charge in [0.05, 0.1) is 17.1 Å². The molecule has 0 saturated carbocycles. The second-order valence-corrected chi connectivity index (χ2v) is 5.98. The number of hydrazone groups is 1. The van der Waals surface area contributed by atoms with Crippen LogP contribution in [-0.4, -0.2) is 16.6 Å². The minimum Gasteiger partial charge on any atom is -0.455 e. The fourth-order valence-electron chi connectivity index (χ4n) is 2.05. The Balaban J connectivity index is 1.67. The Bertz CT molecular complexity index is 815. The molecule has 1 amide bonds. The van der Waals surface area contributed by atoms with Gasteiger partial charge in [0.2, 0.25) is 5.91 Å². The zero-order valence-electron chi connectivity index (χ0n) is 12.3. The molecule has 0 radical (unpaired) electrons. The summed E-state index contributed by atoms with van der Waals surface area (Å²) in [4.78, 5) is 16.1. The normalized spacial score (nSPS) is 11.8. The first-order valence-electron chi connectivity index (χ1n) is 6.85. The maximum atomic E-state index is 11.8. The van der Waals surface area contributed by atoms with Crippen LogP contribution in [0.15, 0.2) is 45.2 Å². The first-order valence-corrected chi connectivity index (χ1v) is 7.73. The van der Waals surface area contributed by atoms with Crippen LogP contribution >= 0.6 is 11.3 Å². The van der Waals surface area contributed by atoms with Crippen LogP contribution in [0.5, 0.6) is 0 Å². The summed E-state index contributed by atoms with van der Waals surface area (Å²) < 4.78 is 5.69. The number of fused-ring (bicyclic) bond motifs is 1. The number of para-hydroxylation sites is 1. The molecular formula is C16H15N3O2S. The lowest BCUT2D eigenvalue weighted by Gasteiger charge is -1.99. The van der Waals surface area contributed by atoms with E-state index in [4.69, 9.17) is 4.42 Å². The summed E-state index contributed by atoms with van der Waals surface area (Å²) in [5.74, 6) is 0.451. The number of benzene rings is 1. The van der Waals surface area contributed by atoms with Gasteiger partial charge < -0.3 is 4.42 Å². The third-order valence-corrected chi connectivity index (χ3v) is 3.96. The molecule has 0 aliphatic carbocycles. The Kier molecular flexibility index (Phi) is 4.02. The molecular weight excluding hydrogens is 298 g/mol. The Labute approximate surface area is 131 Å². The number of nitrogens with zero attached hydrogens (tertiary/aromatic N) is 2. The number of carbonyl (C=O) groups is 1. The summed E-state index contributed by atoms with van der Waals surface area (Å²) >= 11 is 1.53. The molecule has 0 aliphatic rings. The maximum Gasteiger partial charge on any atom is 0.246 e. The summed E-state index contributed by atoms with van der Waals surface area (Å²) in [5.41, 5.74) is 4.72. The van der Waals surface area contributed by atoms with Gasteiger partial charge in [-0.15, -0.1) is 11.3 Å². The summed E-state index contributed by atoms with van der Waals surface area (Å²) in [7, 11) is 0. The van der Waals surface area contributed by atoms with Crippen molar-refractivity contribution < 1.29 is 9.21 Å². The molecule has 0 spiro atoms. The van der Waals surface area contributed by atoms with Crippen molar-refractivity contribution in [3.05, 3.63) is 52.2 Å². The molecule has 2 heterocycles. The van der Waals surface area contributed by atoms with E-state index in [-0.39, 0.29) is 12.3 Å². The minimum atomic E-state index is -0.194. The van der Waals surface area contributed by atoms with Crippen LogP contribution in [0.2, 0.25) is 0 Å². The van der Waals surface area contributed by atoms with Crippen molar-refractivity contribution >= 4 is 33.9 Å². The quantitative estimate of drug-likeness (QED) is 0.593. The van der Waals surface area contributed by atoms with E-state index in [0.717, 1.165) is 21.7 Å². The van der Waals surface area contributed by atoms with Gasteiger partial charge in [0.25, 0.3) is 0 Å². The molecule has 0 aliphatic heterocycles. The third kappa shape index (κ3) is 3.23. The first kappa shape index (κ1) is 14.5. The van der Waals surface area contributed by atoms with E-state index in [1.54, 1.807) is 6.92 Å². The van der Waals surface area contributed by atoms with E-state index in [1.165, 1.54) is 11.3 Å². The Morgan fingerprint density at radius 2 is 2.23 bits per heavy atom. The van der Waals surface area contributed by atoms with Crippen molar-refractivity contribution in [2.45, 2.75) is 20.3 Å². The van der Waals surface area contributed by atoms with Gasteiger partial charge in [0, 0.05) is 10.8 Å². The van der Waals surface area contributed by atoms with E-state index < -0.39 is 0 Å². The largest absolute Gasteiger partial charge is 0.455 e. The Hall–Kier alpha value is -2.47. The highest BCUT2D eigenvalue weighted by Crippen LogP contribution is 2.19. The molecule has 22 heavy (non-hydrogen) atoms. The van der Waals surface area contributed by atoms with Crippen LogP contribution in [0.1, 0.15) is 23.4 Å². The lowest BCUT2D eigenvalue weighted by molar-refractivity contribution is -0.120. The lowest BCUT2D eigenvalue weighted by Crippen LogP contribution is -2.21. The second-order valence-electron chi connectivity index (χ2n) is 4.92. The van der Waals surface area contributed by atoms with Gasteiger partial charge in [-0.3, -0.25) is 4.79 Å². The highest BCUT2D eigenvalue weighted by Gasteiger charge is 2.08. The Morgan fingerprint density at radius 3 is 2.95 bits per heavy atom. The lowest BCUT2D eigenvalue weighted by atomic mass is 10.2. The molecule has 5 nitrogen and oxygen atoms in total. The van der Waals surface area contributed by atoms with Gasteiger partial charge in [-0.05, 0) is 26.0 Å². The van der Waals surface area contributed by atoms with E-state index >= 15 is 0 Å². The average molecular weight is 313 g/mol. The van der Waals surface area contributed by atoms with Crippen LogP contribution in [0.3, 0.4) is 0 Å². The van der Waals surface area contributed by atoms with Crippen LogP contribution in [0.4, 0.5) is 0 Å². The summed E-state index contributed by atoms with van der Waals surface area (Å²) in [6.45, 7) is 3.71. The molecule has 3 aromatic rings. The third-order valence-electron chi connectivity index (χ3n) is 3.14.